The molecule has 2 aromatic rings. The summed E-state index contributed by atoms with van der Waals surface area (Å²) in [5.74, 6) is -1.98. The summed E-state index contributed by atoms with van der Waals surface area (Å²) in [6, 6.07) is 11.2. The van der Waals surface area contributed by atoms with Gasteiger partial charge in [-0.05, 0) is 30.2 Å². The molecule has 2 aromatic carbocycles. The Hall–Kier alpha value is -3.31. The fourth-order valence-corrected chi connectivity index (χ4v) is 2.68. The van der Waals surface area contributed by atoms with Crippen molar-refractivity contribution < 1.29 is 22.9 Å². The van der Waals surface area contributed by atoms with Crippen LogP contribution in [-0.2, 0) is 26.0 Å². The van der Waals surface area contributed by atoms with Gasteiger partial charge in [-0.1, -0.05) is 24.3 Å². The Labute approximate surface area is 154 Å². The van der Waals surface area contributed by atoms with Gasteiger partial charge in [-0.25, -0.2) is 13.6 Å². The number of anilines is 1. The Kier molecular flexibility index (Phi) is 6.21. The number of benzene rings is 2. The lowest BCUT2D eigenvalue weighted by Crippen LogP contribution is -2.36. The van der Waals surface area contributed by atoms with Crippen LogP contribution in [-0.4, -0.2) is 31.7 Å². The monoisotopic (exact) mass is 392 g/mol. The van der Waals surface area contributed by atoms with Gasteiger partial charge in [0.15, 0.2) is 0 Å². The number of primary sulfonamides is 1. The maximum Gasteiger partial charge on any atom is 0.313 e. The normalized spacial score (nSPS) is 10.9. The van der Waals surface area contributed by atoms with E-state index in [1.165, 1.54) is 36.4 Å². The van der Waals surface area contributed by atoms with Crippen molar-refractivity contribution in [1.29, 1.82) is 0 Å². The Bertz CT molecular complexity index is 973. The van der Waals surface area contributed by atoms with Crippen molar-refractivity contribution in [3.8, 4) is 0 Å². The van der Waals surface area contributed by atoms with E-state index in [1.807, 2.05) is 0 Å². The first-order valence-electron chi connectivity index (χ1n) is 7.63. The summed E-state index contributed by atoms with van der Waals surface area (Å²) >= 11 is 0. The number of carbonyl (C=O) groups is 2. The Morgan fingerprint density at radius 2 is 1.67 bits per heavy atom. The quantitative estimate of drug-likeness (QED) is 0.369. The van der Waals surface area contributed by atoms with Crippen molar-refractivity contribution in [2.45, 2.75) is 11.3 Å². The van der Waals surface area contributed by atoms with Gasteiger partial charge in [-0.15, -0.1) is 0 Å². The number of sulfonamides is 1. The number of hydrogen-bond acceptors (Lipinski definition) is 6. The summed E-state index contributed by atoms with van der Waals surface area (Å²) in [5, 5.41) is 20.5. The van der Waals surface area contributed by atoms with Crippen molar-refractivity contribution in [1.82, 2.24) is 5.32 Å². The lowest BCUT2D eigenvalue weighted by molar-refractivity contribution is -0.383. The van der Waals surface area contributed by atoms with Crippen LogP contribution >= 0.6 is 0 Å². The standard InChI is InChI=1S/C16H16N4O6S/c17-27(25,26)12-7-5-11(6-8-12)9-10-18-15(21)16(22)19-13-3-1-2-4-14(13)20(23)24/h1-8H,9-10H2,(H,18,21)(H,19,22)(H2,17,25,26). The Balaban J connectivity index is 1.89. The number of para-hydroxylation sites is 2. The average Bonchev–Trinajstić information content (AvgIpc) is 2.61. The lowest BCUT2D eigenvalue weighted by atomic mass is 10.1. The Morgan fingerprint density at radius 3 is 2.26 bits per heavy atom. The molecule has 0 aliphatic carbocycles. The van der Waals surface area contributed by atoms with Gasteiger partial charge in [0, 0.05) is 12.6 Å². The van der Waals surface area contributed by atoms with Crippen molar-refractivity contribution >= 4 is 33.2 Å². The molecule has 0 bridgehead atoms. The highest BCUT2D eigenvalue weighted by Crippen LogP contribution is 2.22. The molecule has 0 unspecified atom stereocenters. The lowest BCUT2D eigenvalue weighted by Gasteiger charge is -2.07. The number of amides is 2. The predicted octanol–water partition coefficient (Wildman–Crippen LogP) is 0.540. The van der Waals surface area contributed by atoms with E-state index < -0.39 is 26.8 Å². The second-order valence-corrected chi connectivity index (χ2v) is 6.98. The number of carbonyl (C=O) groups excluding carboxylic acids is 2. The van der Waals surface area contributed by atoms with Crippen LogP contribution in [0.1, 0.15) is 5.56 Å². The first kappa shape index (κ1) is 20.0. The van der Waals surface area contributed by atoms with E-state index in [-0.39, 0.29) is 22.8 Å². The molecule has 0 radical (unpaired) electrons. The van der Waals surface area contributed by atoms with E-state index >= 15 is 0 Å². The minimum Gasteiger partial charge on any atom is -0.347 e. The Morgan fingerprint density at radius 1 is 1.04 bits per heavy atom. The molecule has 4 N–H and O–H groups in total. The van der Waals surface area contributed by atoms with E-state index in [4.69, 9.17) is 5.14 Å². The largest absolute Gasteiger partial charge is 0.347 e. The molecule has 2 amide bonds. The molecule has 11 heteroatoms. The SMILES string of the molecule is NS(=O)(=O)c1ccc(CCNC(=O)C(=O)Nc2ccccc2[N+](=O)[O-])cc1. The van der Waals surface area contributed by atoms with Gasteiger partial charge in [0.25, 0.3) is 5.69 Å². The molecule has 0 aliphatic rings. The van der Waals surface area contributed by atoms with Gasteiger partial charge in [-0.3, -0.25) is 19.7 Å². The van der Waals surface area contributed by atoms with Gasteiger partial charge in [0.1, 0.15) is 5.69 Å². The maximum atomic E-state index is 11.9. The highest BCUT2D eigenvalue weighted by atomic mass is 32.2. The third-order valence-corrected chi connectivity index (χ3v) is 4.44. The molecule has 0 heterocycles. The van der Waals surface area contributed by atoms with Crippen molar-refractivity contribution in [3.63, 3.8) is 0 Å². The molecule has 0 atom stereocenters. The molecule has 0 aromatic heterocycles. The van der Waals surface area contributed by atoms with E-state index in [0.29, 0.717) is 6.42 Å². The zero-order chi connectivity index (χ0) is 20.0. The molecule has 0 saturated carbocycles. The number of nitro groups is 1. The molecule has 0 aliphatic heterocycles. The topological polar surface area (TPSA) is 162 Å². The third kappa shape index (κ3) is 5.59. The molecule has 2 rings (SSSR count). The number of nitro benzene ring substituents is 1. The number of hydrogen-bond donors (Lipinski definition) is 3. The number of nitrogens with zero attached hydrogens (tertiary/aromatic N) is 1. The first-order valence-corrected chi connectivity index (χ1v) is 9.17. The minimum atomic E-state index is -3.77. The van der Waals surface area contributed by atoms with E-state index in [1.54, 1.807) is 12.1 Å². The molecule has 0 fully saturated rings. The van der Waals surface area contributed by atoms with Crippen LogP contribution in [0, 0.1) is 10.1 Å². The third-order valence-electron chi connectivity index (χ3n) is 3.51. The van der Waals surface area contributed by atoms with Crippen LogP contribution in [0.25, 0.3) is 0 Å². The first-order chi connectivity index (χ1) is 12.7. The van der Waals surface area contributed by atoms with Crippen molar-refractivity contribution in [3.05, 3.63) is 64.2 Å². The number of rotatable bonds is 6. The second kappa shape index (κ2) is 8.38. The van der Waals surface area contributed by atoms with Gasteiger partial charge >= 0.3 is 11.8 Å². The van der Waals surface area contributed by atoms with E-state index in [0.717, 1.165) is 5.56 Å². The smallest absolute Gasteiger partial charge is 0.313 e. The summed E-state index contributed by atoms with van der Waals surface area (Å²) in [7, 11) is -3.77. The van der Waals surface area contributed by atoms with Gasteiger partial charge < -0.3 is 10.6 Å². The van der Waals surface area contributed by atoms with E-state index in [2.05, 4.69) is 10.6 Å². The summed E-state index contributed by atoms with van der Waals surface area (Å²) in [4.78, 5) is 33.9. The molecular weight excluding hydrogens is 376 g/mol. The minimum absolute atomic E-state index is 0.0286. The summed E-state index contributed by atoms with van der Waals surface area (Å²) < 4.78 is 22.3. The van der Waals surface area contributed by atoms with Gasteiger partial charge in [-0.2, -0.15) is 0 Å². The zero-order valence-electron chi connectivity index (χ0n) is 13.9. The summed E-state index contributed by atoms with van der Waals surface area (Å²) in [6.45, 7) is 0.109. The van der Waals surface area contributed by atoms with Crippen molar-refractivity contribution in [2.24, 2.45) is 5.14 Å². The fourth-order valence-electron chi connectivity index (χ4n) is 2.16. The molecule has 0 saturated heterocycles. The van der Waals surface area contributed by atoms with Crippen LogP contribution in [0.2, 0.25) is 0 Å². The van der Waals surface area contributed by atoms with Crippen molar-refractivity contribution in [2.75, 3.05) is 11.9 Å². The molecule has 142 valence electrons. The molecule has 10 nitrogen and oxygen atoms in total. The summed E-state index contributed by atoms with van der Waals surface area (Å²) in [6.07, 6.45) is 0.343. The number of nitrogens with one attached hydrogen (secondary N) is 2. The van der Waals surface area contributed by atoms with Crippen LogP contribution in [0.3, 0.4) is 0 Å². The maximum absolute atomic E-state index is 11.9. The van der Waals surface area contributed by atoms with E-state index in [9.17, 15) is 28.1 Å². The highest BCUT2D eigenvalue weighted by molar-refractivity contribution is 7.89. The highest BCUT2D eigenvalue weighted by Gasteiger charge is 2.19. The molecule has 0 spiro atoms. The van der Waals surface area contributed by atoms with Crippen LogP contribution in [0.5, 0.6) is 0 Å². The van der Waals surface area contributed by atoms with Crippen LogP contribution in [0.15, 0.2) is 53.4 Å². The average molecular weight is 392 g/mol. The van der Waals surface area contributed by atoms with Gasteiger partial charge in [0.05, 0.1) is 9.82 Å². The van der Waals surface area contributed by atoms with Crippen LogP contribution < -0.4 is 15.8 Å². The summed E-state index contributed by atoms with van der Waals surface area (Å²) in [5.41, 5.74) is 0.316. The predicted molar refractivity (Wildman–Crippen MR) is 96.3 cm³/mol. The zero-order valence-corrected chi connectivity index (χ0v) is 14.7. The second-order valence-electron chi connectivity index (χ2n) is 5.42. The molecular formula is C16H16N4O6S. The van der Waals surface area contributed by atoms with Crippen LogP contribution in [0.4, 0.5) is 11.4 Å². The van der Waals surface area contributed by atoms with Gasteiger partial charge in [0.2, 0.25) is 10.0 Å². The molecule has 27 heavy (non-hydrogen) atoms. The number of nitrogens with two attached hydrogens (primary N) is 1. The fraction of sp³-hybridized carbons (Fsp3) is 0.125.